The molecular formula is C15H12FNO3S. The fourth-order valence-electron chi connectivity index (χ4n) is 1.63. The number of carboxylic acid groups (broad SMARTS) is 1. The van der Waals surface area contributed by atoms with E-state index in [1.165, 1.54) is 29.5 Å². The van der Waals surface area contributed by atoms with Crippen LogP contribution in [0.4, 0.5) is 10.1 Å². The average molecular weight is 305 g/mol. The first-order valence-corrected chi connectivity index (χ1v) is 6.91. The van der Waals surface area contributed by atoms with Crippen LogP contribution in [-0.2, 0) is 4.79 Å². The normalized spacial score (nSPS) is 10.8. The third-order valence-corrected chi connectivity index (χ3v) is 3.75. The summed E-state index contributed by atoms with van der Waals surface area (Å²) in [5, 5.41) is 13.0. The first-order chi connectivity index (χ1) is 9.97. The first-order valence-electron chi connectivity index (χ1n) is 6.03. The van der Waals surface area contributed by atoms with Crippen molar-refractivity contribution >= 4 is 35.0 Å². The van der Waals surface area contributed by atoms with E-state index in [2.05, 4.69) is 5.32 Å². The molecule has 1 amide bonds. The summed E-state index contributed by atoms with van der Waals surface area (Å²) in [4.78, 5) is 23.4. The highest BCUT2D eigenvalue weighted by atomic mass is 32.1. The molecule has 2 N–H and O–H groups in total. The highest BCUT2D eigenvalue weighted by Gasteiger charge is 2.09. The third-order valence-electron chi connectivity index (χ3n) is 2.76. The van der Waals surface area contributed by atoms with Crippen molar-refractivity contribution in [3.05, 3.63) is 57.5 Å². The van der Waals surface area contributed by atoms with E-state index in [0.29, 0.717) is 0 Å². The van der Waals surface area contributed by atoms with Gasteiger partial charge in [0.1, 0.15) is 5.82 Å². The predicted molar refractivity (Wildman–Crippen MR) is 80.1 cm³/mol. The van der Waals surface area contributed by atoms with Crippen LogP contribution < -0.4 is 5.32 Å². The SMILES string of the molecule is Cc1ccsc1C=CC(=O)Nc1ccc(C(=O)O)cc1F. The summed E-state index contributed by atoms with van der Waals surface area (Å²) < 4.78 is 13.6. The zero-order valence-corrected chi connectivity index (χ0v) is 11.9. The van der Waals surface area contributed by atoms with Crippen LogP contribution in [0, 0.1) is 12.7 Å². The fourth-order valence-corrected chi connectivity index (χ4v) is 2.45. The zero-order chi connectivity index (χ0) is 15.4. The smallest absolute Gasteiger partial charge is 0.335 e. The Hall–Kier alpha value is -2.47. The number of hydrogen-bond donors (Lipinski definition) is 2. The summed E-state index contributed by atoms with van der Waals surface area (Å²) in [6.45, 7) is 1.93. The van der Waals surface area contributed by atoms with Crippen LogP contribution in [-0.4, -0.2) is 17.0 Å². The Bertz CT molecular complexity index is 721. The van der Waals surface area contributed by atoms with Crippen LogP contribution in [0.5, 0.6) is 0 Å². The van der Waals surface area contributed by atoms with Crippen LogP contribution in [0.3, 0.4) is 0 Å². The second-order valence-corrected chi connectivity index (χ2v) is 5.24. The van der Waals surface area contributed by atoms with E-state index >= 15 is 0 Å². The molecule has 0 fully saturated rings. The number of benzene rings is 1. The third kappa shape index (κ3) is 3.76. The van der Waals surface area contributed by atoms with E-state index in [-0.39, 0.29) is 11.3 Å². The summed E-state index contributed by atoms with van der Waals surface area (Å²) in [6, 6.07) is 5.26. The highest BCUT2D eigenvalue weighted by Crippen LogP contribution is 2.18. The van der Waals surface area contributed by atoms with Crippen LogP contribution in [0.2, 0.25) is 0 Å². The second-order valence-electron chi connectivity index (χ2n) is 4.29. The number of aryl methyl sites for hydroxylation is 1. The average Bonchev–Trinajstić information content (AvgIpc) is 2.84. The molecule has 108 valence electrons. The lowest BCUT2D eigenvalue weighted by atomic mass is 10.2. The summed E-state index contributed by atoms with van der Waals surface area (Å²) in [5.41, 5.74) is 0.828. The molecule has 0 saturated heterocycles. The molecule has 0 spiro atoms. The Labute approximate surface area is 124 Å². The molecule has 1 heterocycles. The standard InChI is InChI=1S/C15H12FNO3S/c1-9-6-7-21-13(9)4-5-14(18)17-12-3-2-10(15(19)20)8-11(12)16/h2-8H,1H3,(H,17,18)(H,19,20). The summed E-state index contributed by atoms with van der Waals surface area (Å²) in [7, 11) is 0. The molecular weight excluding hydrogens is 293 g/mol. The van der Waals surface area contributed by atoms with Crippen LogP contribution in [0.15, 0.2) is 35.7 Å². The van der Waals surface area contributed by atoms with Gasteiger partial charge >= 0.3 is 5.97 Å². The minimum atomic E-state index is -1.22. The number of hydrogen-bond acceptors (Lipinski definition) is 3. The van der Waals surface area contributed by atoms with Gasteiger partial charge in [-0.15, -0.1) is 11.3 Å². The Morgan fingerprint density at radius 3 is 2.67 bits per heavy atom. The molecule has 1 aromatic heterocycles. The largest absolute Gasteiger partial charge is 0.478 e. The highest BCUT2D eigenvalue weighted by molar-refractivity contribution is 7.11. The van der Waals surface area contributed by atoms with Crippen molar-refractivity contribution in [2.45, 2.75) is 6.92 Å². The molecule has 1 aromatic carbocycles. The Morgan fingerprint density at radius 2 is 2.10 bits per heavy atom. The molecule has 2 aromatic rings. The molecule has 0 aliphatic rings. The number of nitrogens with one attached hydrogen (secondary N) is 1. The predicted octanol–water partition coefficient (Wildman–Crippen LogP) is 3.55. The van der Waals surface area contributed by atoms with Crippen LogP contribution >= 0.6 is 11.3 Å². The van der Waals surface area contributed by atoms with Gasteiger partial charge in [-0.2, -0.15) is 0 Å². The lowest BCUT2D eigenvalue weighted by Gasteiger charge is -2.04. The quantitative estimate of drug-likeness (QED) is 0.849. The maximum absolute atomic E-state index is 13.6. The number of aromatic carboxylic acids is 1. The molecule has 0 bridgehead atoms. The van der Waals surface area contributed by atoms with E-state index in [1.807, 2.05) is 18.4 Å². The van der Waals surface area contributed by atoms with Gasteiger partial charge in [0.2, 0.25) is 5.91 Å². The number of carbonyl (C=O) groups excluding carboxylic acids is 1. The Balaban J connectivity index is 2.08. The number of rotatable bonds is 4. The monoisotopic (exact) mass is 305 g/mol. The minimum Gasteiger partial charge on any atom is -0.478 e. The number of thiophene rings is 1. The van der Waals surface area contributed by atoms with Gasteiger partial charge in [-0.3, -0.25) is 4.79 Å². The molecule has 0 radical (unpaired) electrons. The van der Waals surface area contributed by atoms with Gasteiger partial charge in [0.15, 0.2) is 0 Å². The van der Waals surface area contributed by atoms with Crippen molar-refractivity contribution in [2.75, 3.05) is 5.32 Å². The van der Waals surface area contributed by atoms with Gasteiger partial charge in [0, 0.05) is 11.0 Å². The van der Waals surface area contributed by atoms with Crippen molar-refractivity contribution in [3.63, 3.8) is 0 Å². The number of carboxylic acids is 1. The van der Waals surface area contributed by atoms with Crippen molar-refractivity contribution in [1.29, 1.82) is 0 Å². The molecule has 6 heteroatoms. The van der Waals surface area contributed by atoms with Gasteiger partial charge in [-0.25, -0.2) is 9.18 Å². The van der Waals surface area contributed by atoms with E-state index < -0.39 is 17.7 Å². The van der Waals surface area contributed by atoms with Crippen molar-refractivity contribution in [1.82, 2.24) is 0 Å². The molecule has 0 saturated carbocycles. The van der Waals surface area contributed by atoms with Gasteiger partial charge in [-0.1, -0.05) is 0 Å². The first kappa shape index (κ1) is 14.9. The number of amides is 1. The van der Waals surface area contributed by atoms with E-state index in [0.717, 1.165) is 16.5 Å². The van der Waals surface area contributed by atoms with Crippen LogP contribution in [0.1, 0.15) is 20.8 Å². The molecule has 4 nitrogen and oxygen atoms in total. The molecule has 21 heavy (non-hydrogen) atoms. The van der Waals surface area contributed by atoms with Gasteiger partial charge in [0.05, 0.1) is 11.3 Å². The van der Waals surface area contributed by atoms with Gasteiger partial charge in [0.25, 0.3) is 0 Å². The molecule has 0 aliphatic carbocycles. The topological polar surface area (TPSA) is 66.4 Å². The maximum Gasteiger partial charge on any atom is 0.335 e. The maximum atomic E-state index is 13.6. The summed E-state index contributed by atoms with van der Waals surface area (Å²) >= 11 is 1.50. The lowest BCUT2D eigenvalue weighted by molar-refractivity contribution is -0.111. The Morgan fingerprint density at radius 1 is 1.33 bits per heavy atom. The summed E-state index contributed by atoms with van der Waals surface area (Å²) in [6.07, 6.45) is 2.96. The fraction of sp³-hybridized carbons (Fsp3) is 0.0667. The van der Waals surface area contributed by atoms with E-state index in [9.17, 15) is 14.0 Å². The zero-order valence-electron chi connectivity index (χ0n) is 11.1. The number of halogens is 1. The molecule has 0 aliphatic heterocycles. The van der Waals surface area contributed by atoms with Gasteiger partial charge < -0.3 is 10.4 Å². The van der Waals surface area contributed by atoms with E-state index in [4.69, 9.17) is 5.11 Å². The lowest BCUT2D eigenvalue weighted by Crippen LogP contribution is -2.10. The summed E-state index contributed by atoms with van der Waals surface area (Å²) in [5.74, 6) is -2.49. The van der Waals surface area contributed by atoms with E-state index in [1.54, 1.807) is 6.08 Å². The van der Waals surface area contributed by atoms with Crippen molar-refractivity contribution < 1.29 is 19.1 Å². The Kier molecular flexibility index (Phi) is 4.49. The molecule has 2 rings (SSSR count). The number of anilines is 1. The molecule has 0 atom stereocenters. The van der Waals surface area contributed by atoms with Crippen molar-refractivity contribution in [2.24, 2.45) is 0 Å². The van der Waals surface area contributed by atoms with Gasteiger partial charge in [-0.05, 0) is 48.2 Å². The minimum absolute atomic E-state index is 0.0578. The second kappa shape index (κ2) is 6.32. The molecule has 0 unspecified atom stereocenters. The van der Waals surface area contributed by atoms with Crippen molar-refractivity contribution in [3.8, 4) is 0 Å². The number of carbonyl (C=O) groups is 2. The van der Waals surface area contributed by atoms with Crippen LogP contribution in [0.25, 0.3) is 6.08 Å².